The van der Waals surface area contributed by atoms with Crippen LogP contribution in [0, 0.1) is 0 Å². The van der Waals surface area contributed by atoms with Gasteiger partial charge in [-0.2, -0.15) is 0 Å². The number of hydrogen-bond donors (Lipinski definition) is 2. The van der Waals surface area contributed by atoms with Gasteiger partial charge in [-0.1, -0.05) is 36.4 Å². The number of anilines is 1. The van der Waals surface area contributed by atoms with Crippen molar-refractivity contribution in [3.05, 3.63) is 72.8 Å². The van der Waals surface area contributed by atoms with Crippen LogP contribution in [0.4, 0.5) is 5.82 Å². The van der Waals surface area contributed by atoms with Crippen LogP contribution in [-0.2, 0) is 0 Å². The zero-order chi connectivity index (χ0) is 17.9. The summed E-state index contributed by atoms with van der Waals surface area (Å²) in [5, 5.41) is 13.7. The Bertz CT molecular complexity index is 1030. The van der Waals surface area contributed by atoms with Gasteiger partial charge in [-0.05, 0) is 30.2 Å². The molecule has 6 nitrogen and oxygen atoms in total. The number of benzene rings is 2. The third-order valence-electron chi connectivity index (χ3n) is 4.26. The van der Waals surface area contributed by atoms with Crippen molar-refractivity contribution in [2.24, 2.45) is 0 Å². The summed E-state index contributed by atoms with van der Waals surface area (Å²) >= 11 is 0. The lowest BCUT2D eigenvalue weighted by Crippen LogP contribution is -2.08. The van der Waals surface area contributed by atoms with E-state index in [-0.39, 0.29) is 12.1 Å². The first-order valence-corrected chi connectivity index (χ1v) is 8.28. The minimum absolute atomic E-state index is 0.106. The SMILES string of the molecule is CC(Nc1ncnc2ccc(-c3cnc(O)nc3)cc12)c1ccccc1. The van der Waals surface area contributed by atoms with Crippen LogP contribution in [0.15, 0.2) is 67.3 Å². The quantitative estimate of drug-likeness (QED) is 0.583. The molecule has 2 aromatic heterocycles. The van der Waals surface area contributed by atoms with Gasteiger partial charge in [0, 0.05) is 29.4 Å². The minimum atomic E-state index is -0.239. The highest BCUT2D eigenvalue weighted by Crippen LogP contribution is 2.28. The van der Waals surface area contributed by atoms with Crippen molar-refractivity contribution in [2.45, 2.75) is 13.0 Å². The lowest BCUT2D eigenvalue weighted by atomic mass is 10.1. The summed E-state index contributed by atoms with van der Waals surface area (Å²) in [6, 6.07) is 16.0. The predicted molar refractivity (Wildman–Crippen MR) is 101 cm³/mol. The van der Waals surface area contributed by atoms with Gasteiger partial charge < -0.3 is 10.4 Å². The molecule has 0 aliphatic heterocycles. The molecule has 2 aromatic carbocycles. The topological polar surface area (TPSA) is 83.8 Å². The van der Waals surface area contributed by atoms with Gasteiger partial charge in [-0.3, -0.25) is 0 Å². The van der Waals surface area contributed by atoms with Crippen molar-refractivity contribution in [1.29, 1.82) is 0 Å². The van der Waals surface area contributed by atoms with E-state index < -0.39 is 0 Å². The van der Waals surface area contributed by atoms with Gasteiger partial charge in [0.25, 0.3) is 0 Å². The van der Waals surface area contributed by atoms with E-state index in [1.165, 1.54) is 5.56 Å². The van der Waals surface area contributed by atoms with Gasteiger partial charge >= 0.3 is 6.01 Å². The lowest BCUT2D eigenvalue weighted by Gasteiger charge is -2.16. The number of hydrogen-bond acceptors (Lipinski definition) is 6. The summed E-state index contributed by atoms with van der Waals surface area (Å²) in [5.74, 6) is 0.771. The Morgan fingerprint density at radius 1 is 0.885 bits per heavy atom. The maximum Gasteiger partial charge on any atom is 0.313 e. The minimum Gasteiger partial charge on any atom is -0.479 e. The predicted octanol–water partition coefficient (Wildman–Crippen LogP) is 3.97. The van der Waals surface area contributed by atoms with E-state index in [0.29, 0.717) is 0 Å². The molecule has 6 heteroatoms. The largest absolute Gasteiger partial charge is 0.479 e. The molecular weight excluding hydrogens is 326 g/mol. The summed E-state index contributed by atoms with van der Waals surface area (Å²) < 4.78 is 0. The van der Waals surface area contributed by atoms with Crippen molar-refractivity contribution in [3.63, 3.8) is 0 Å². The molecule has 0 amide bonds. The fourth-order valence-corrected chi connectivity index (χ4v) is 2.85. The van der Waals surface area contributed by atoms with Crippen molar-refractivity contribution in [3.8, 4) is 17.1 Å². The Labute approximate surface area is 150 Å². The first kappa shape index (κ1) is 16.0. The summed E-state index contributed by atoms with van der Waals surface area (Å²) in [5.41, 5.74) is 3.78. The van der Waals surface area contributed by atoms with E-state index >= 15 is 0 Å². The van der Waals surface area contributed by atoms with Crippen LogP contribution < -0.4 is 5.32 Å². The van der Waals surface area contributed by atoms with Crippen LogP contribution in [-0.4, -0.2) is 25.0 Å². The van der Waals surface area contributed by atoms with Gasteiger partial charge in [-0.25, -0.2) is 19.9 Å². The molecule has 0 aliphatic carbocycles. The second-order valence-electron chi connectivity index (χ2n) is 6.00. The summed E-state index contributed by atoms with van der Waals surface area (Å²) in [7, 11) is 0. The fourth-order valence-electron chi connectivity index (χ4n) is 2.85. The first-order chi connectivity index (χ1) is 12.7. The molecule has 2 N–H and O–H groups in total. The first-order valence-electron chi connectivity index (χ1n) is 8.28. The molecule has 0 fully saturated rings. The molecule has 0 aliphatic rings. The number of nitrogens with zero attached hydrogens (tertiary/aromatic N) is 4. The number of fused-ring (bicyclic) bond motifs is 1. The van der Waals surface area contributed by atoms with Crippen LogP contribution >= 0.6 is 0 Å². The highest BCUT2D eigenvalue weighted by molar-refractivity contribution is 5.92. The molecule has 4 rings (SSSR count). The fraction of sp³-hybridized carbons (Fsp3) is 0.100. The molecule has 128 valence electrons. The van der Waals surface area contributed by atoms with Crippen LogP contribution in [0.25, 0.3) is 22.0 Å². The van der Waals surface area contributed by atoms with Crippen LogP contribution in [0.1, 0.15) is 18.5 Å². The maximum absolute atomic E-state index is 9.27. The number of nitrogens with one attached hydrogen (secondary N) is 1. The molecule has 4 aromatic rings. The molecule has 1 unspecified atom stereocenters. The van der Waals surface area contributed by atoms with Crippen molar-refractivity contribution < 1.29 is 5.11 Å². The molecule has 0 bridgehead atoms. The third-order valence-corrected chi connectivity index (χ3v) is 4.26. The zero-order valence-corrected chi connectivity index (χ0v) is 14.2. The van der Waals surface area contributed by atoms with Crippen LogP contribution in [0.2, 0.25) is 0 Å². The molecule has 0 radical (unpaired) electrons. The third kappa shape index (κ3) is 3.17. The van der Waals surface area contributed by atoms with Gasteiger partial charge in [0.2, 0.25) is 0 Å². The molecule has 0 saturated heterocycles. The van der Waals surface area contributed by atoms with E-state index in [1.807, 2.05) is 36.4 Å². The highest BCUT2D eigenvalue weighted by atomic mass is 16.3. The second kappa shape index (κ2) is 6.76. The maximum atomic E-state index is 9.27. The molecular formula is C20H17N5O. The summed E-state index contributed by atoms with van der Waals surface area (Å²) in [6.45, 7) is 2.10. The van der Waals surface area contributed by atoms with E-state index in [2.05, 4.69) is 44.3 Å². The Hall–Kier alpha value is -3.54. The van der Waals surface area contributed by atoms with Crippen molar-refractivity contribution in [2.75, 3.05) is 5.32 Å². The molecule has 26 heavy (non-hydrogen) atoms. The van der Waals surface area contributed by atoms with E-state index in [4.69, 9.17) is 0 Å². The molecule has 0 saturated carbocycles. The van der Waals surface area contributed by atoms with E-state index in [1.54, 1.807) is 18.7 Å². The van der Waals surface area contributed by atoms with Gasteiger partial charge in [0.05, 0.1) is 5.52 Å². The average Bonchev–Trinajstić information content (AvgIpc) is 2.69. The van der Waals surface area contributed by atoms with Crippen LogP contribution in [0.3, 0.4) is 0 Å². The van der Waals surface area contributed by atoms with Gasteiger partial charge in [0.1, 0.15) is 12.1 Å². The Morgan fingerprint density at radius 3 is 2.42 bits per heavy atom. The molecule has 1 atom stereocenters. The molecule has 0 spiro atoms. The average molecular weight is 343 g/mol. The second-order valence-corrected chi connectivity index (χ2v) is 6.00. The highest BCUT2D eigenvalue weighted by Gasteiger charge is 2.10. The summed E-state index contributed by atoms with van der Waals surface area (Å²) in [6.07, 6.45) is 4.74. The van der Waals surface area contributed by atoms with Crippen LogP contribution in [0.5, 0.6) is 6.01 Å². The Morgan fingerprint density at radius 2 is 1.65 bits per heavy atom. The Balaban J connectivity index is 1.73. The molecule has 2 heterocycles. The summed E-state index contributed by atoms with van der Waals surface area (Å²) in [4.78, 5) is 16.5. The van der Waals surface area contributed by atoms with Crippen molar-refractivity contribution >= 4 is 16.7 Å². The number of rotatable bonds is 4. The number of aromatic hydroxyl groups is 1. The van der Waals surface area contributed by atoms with Gasteiger partial charge in [0.15, 0.2) is 0 Å². The standard InChI is InChI=1S/C20H17N5O/c1-13(14-5-3-2-4-6-14)25-19-17-9-15(7-8-18(17)23-12-24-19)16-10-21-20(26)22-11-16/h2-13H,1H3,(H,21,22,26)(H,23,24,25). The zero-order valence-electron chi connectivity index (χ0n) is 14.2. The normalized spacial score (nSPS) is 12.0. The Kier molecular flexibility index (Phi) is 4.15. The van der Waals surface area contributed by atoms with Crippen molar-refractivity contribution in [1.82, 2.24) is 19.9 Å². The smallest absolute Gasteiger partial charge is 0.313 e. The lowest BCUT2D eigenvalue weighted by molar-refractivity contribution is 0.430. The van der Waals surface area contributed by atoms with E-state index in [9.17, 15) is 5.11 Å². The van der Waals surface area contributed by atoms with E-state index in [0.717, 1.165) is 27.8 Å². The monoisotopic (exact) mass is 343 g/mol. The number of aromatic nitrogens is 4. The van der Waals surface area contributed by atoms with Gasteiger partial charge in [-0.15, -0.1) is 0 Å².